The van der Waals surface area contributed by atoms with Gasteiger partial charge in [0.05, 0.1) is 24.8 Å². The summed E-state index contributed by atoms with van der Waals surface area (Å²) < 4.78 is 27.3. The minimum absolute atomic E-state index is 0. The van der Waals surface area contributed by atoms with Crippen molar-refractivity contribution in [3.8, 4) is 10.4 Å². The monoisotopic (exact) mass is 420 g/mol. The lowest BCUT2D eigenvalue weighted by Crippen LogP contribution is -2.43. The molecule has 0 spiro atoms. The summed E-state index contributed by atoms with van der Waals surface area (Å²) in [6, 6.07) is 3.77. The Balaban J connectivity index is 0.00000243. The molecular formula is C15H15ClF2N4O2S2. The van der Waals surface area contributed by atoms with Crippen LogP contribution in [0.25, 0.3) is 20.7 Å². The van der Waals surface area contributed by atoms with Crippen LogP contribution in [-0.2, 0) is 11.3 Å². The van der Waals surface area contributed by atoms with Gasteiger partial charge in [0, 0.05) is 15.8 Å². The smallest absolute Gasteiger partial charge is 0.277 e. The van der Waals surface area contributed by atoms with Crippen molar-refractivity contribution in [3.63, 3.8) is 0 Å². The second-order valence-electron chi connectivity index (χ2n) is 5.32. The maximum absolute atomic E-state index is 13.1. The molecule has 0 saturated carbocycles. The summed E-state index contributed by atoms with van der Waals surface area (Å²) >= 11 is 2.83. The molecule has 3 aromatic heterocycles. The number of aromatic nitrogens is 2. The summed E-state index contributed by atoms with van der Waals surface area (Å²) in [6.07, 6.45) is 1.25. The number of alkyl halides is 2. The van der Waals surface area contributed by atoms with E-state index in [1.807, 2.05) is 22.9 Å². The fourth-order valence-corrected chi connectivity index (χ4v) is 3.92. The number of hydrogen-bond donors (Lipinski definition) is 2. The van der Waals surface area contributed by atoms with Crippen molar-refractivity contribution in [3.05, 3.63) is 39.6 Å². The van der Waals surface area contributed by atoms with Gasteiger partial charge in [-0.25, -0.2) is 13.8 Å². The Bertz CT molecular complexity index is 956. The molecule has 0 bridgehead atoms. The number of hydrogen-bond acceptors (Lipinski definition) is 6. The number of nitrogens with zero attached hydrogens (tertiary/aromatic N) is 2. The van der Waals surface area contributed by atoms with E-state index in [0.717, 1.165) is 15.0 Å². The van der Waals surface area contributed by atoms with E-state index in [0.29, 0.717) is 10.2 Å². The molecule has 11 heteroatoms. The Morgan fingerprint density at radius 2 is 2.15 bits per heavy atom. The zero-order chi connectivity index (χ0) is 18.0. The van der Waals surface area contributed by atoms with Crippen molar-refractivity contribution < 1.29 is 13.6 Å². The highest BCUT2D eigenvalue weighted by atomic mass is 35.5. The predicted octanol–water partition coefficient (Wildman–Crippen LogP) is 2.32. The lowest BCUT2D eigenvalue weighted by atomic mass is 10.2. The van der Waals surface area contributed by atoms with Gasteiger partial charge in [-0.1, -0.05) is 6.07 Å². The second-order valence-corrected chi connectivity index (χ2v) is 7.13. The first-order valence-electron chi connectivity index (χ1n) is 7.26. The van der Waals surface area contributed by atoms with Gasteiger partial charge in [-0.2, -0.15) is 0 Å². The summed E-state index contributed by atoms with van der Waals surface area (Å²) in [6.45, 7) is -2.12. The Morgan fingerprint density at radius 3 is 2.81 bits per heavy atom. The largest absolute Gasteiger partial charge is 0.348 e. The number of amides is 1. The highest BCUT2D eigenvalue weighted by molar-refractivity contribution is 7.18. The fraction of sp³-hybridized carbons (Fsp3) is 0.267. The number of fused-ring (bicyclic) bond motifs is 1. The van der Waals surface area contributed by atoms with Gasteiger partial charge in [-0.3, -0.25) is 14.2 Å². The van der Waals surface area contributed by atoms with Gasteiger partial charge in [-0.05, 0) is 11.4 Å². The maximum atomic E-state index is 13.1. The van der Waals surface area contributed by atoms with Crippen molar-refractivity contribution in [1.82, 2.24) is 14.9 Å². The van der Waals surface area contributed by atoms with Gasteiger partial charge in [0.1, 0.15) is 11.4 Å². The van der Waals surface area contributed by atoms with Crippen LogP contribution in [0.3, 0.4) is 0 Å². The molecule has 3 rings (SSSR count). The third-order valence-corrected chi connectivity index (χ3v) is 5.29. The first-order chi connectivity index (χ1) is 11.9. The van der Waals surface area contributed by atoms with E-state index in [2.05, 4.69) is 10.3 Å². The zero-order valence-electron chi connectivity index (χ0n) is 13.3. The molecule has 6 nitrogen and oxygen atoms in total. The Kier molecular flexibility index (Phi) is 6.45. The highest BCUT2D eigenvalue weighted by Gasteiger charge is 2.27. The molecule has 0 fully saturated rings. The van der Waals surface area contributed by atoms with Crippen molar-refractivity contribution >= 4 is 51.2 Å². The molecule has 0 atom stereocenters. The molecule has 3 heterocycles. The average Bonchev–Trinajstić information content (AvgIpc) is 3.24. The van der Waals surface area contributed by atoms with Crippen LogP contribution in [0.1, 0.15) is 0 Å². The Morgan fingerprint density at radius 1 is 1.38 bits per heavy atom. The van der Waals surface area contributed by atoms with E-state index in [-0.39, 0.29) is 24.5 Å². The standard InChI is InChI=1S/C15H14F2N4O2S2.ClH/c16-15(17,6-18)7-19-11(22)4-21-8-20-13-12(14(21)23)9(5-25-13)10-2-1-3-24-10;/h1-3,5,8H,4,6-7,18H2,(H,19,22);1H. The summed E-state index contributed by atoms with van der Waals surface area (Å²) in [7, 11) is 0. The maximum Gasteiger partial charge on any atom is 0.277 e. The van der Waals surface area contributed by atoms with Crippen molar-refractivity contribution in [2.24, 2.45) is 5.73 Å². The first-order valence-corrected chi connectivity index (χ1v) is 9.02. The van der Waals surface area contributed by atoms with E-state index in [9.17, 15) is 18.4 Å². The van der Waals surface area contributed by atoms with Crippen LogP contribution < -0.4 is 16.6 Å². The van der Waals surface area contributed by atoms with Gasteiger partial charge in [0.15, 0.2) is 0 Å². The SMILES string of the molecule is Cl.NCC(F)(F)CNC(=O)Cn1cnc2scc(-c3cccs3)c2c1=O. The summed E-state index contributed by atoms with van der Waals surface area (Å²) in [5.74, 6) is -3.88. The van der Waals surface area contributed by atoms with E-state index < -0.39 is 24.9 Å². The van der Waals surface area contributed by atoms with Crippen LogP contribution in [-0.4, -0.2) is 34.5 Å². The zero-order valence-corrected chi connectivity index (χ0v) is 15.7. The van der Waals surface area contributed by atoms with Gasteiger partial charge >= 0.3 is 0 Å². The number of carbonyl (C=O) groups excluding carboxylic acids is 1. The molecule has 0 saturated heterocycles. The lowest BCUT2D eigenvalue weighted by Gasteiger charge is -2.14. The third-order valence-electron chi connectivity index (χ3n) is 3.50. The van der Waals surface area contributed by atoms with Crippen molar-refractivity contribution in [2.75, 3.05) is 13.1 Å². The Labute approximate surface area is 161 Å². The van der Waals surface area contributed by atoms with E-state index in [1.54, 1.807) is 0 Å². The minimum Gasteiger partial charge on any atom is -0.348 e. The summed E-state index contributed by atoms with van der Waals surface area (Å²) in [5, 5.41) is 6.25. The molecule has 140 valence electrons. The summed E-state index contributed by atoms with van der Waals surface area (Å²) in [4.78, 5) is 30.2. The highest BCUT2D eigenvalue weighted by Crippen LogP contribution is 2.33. The molecule has 26 heavy (non-hydrogen) atoms. The molecule has 0 radical (unpaired) electrons. The molecule has 0 aliphatic carbocycles. The Hall–Kier alpha value is -1.88. The topological polar surface area (TPSA) is 90.0 Å². The molecule has 0 unspecified atom stereocenters. The number of thiophene rings is 2. The predicted molar refractivity (Wildman–Crippen MR) is 101 cm³/mol. The number of halogens is 3. The quantitative estimate of drug-likeness (QED) is 0.640. The molecular weight excluding hydrogens is 406 g/mol. The van der Waals surface area contributed by atoms with Crippen LogP contribution in [0.5, 0.6) is 0 Å². The van der Waals surface area contributed by atoms with Crippen LogP contribution in [0.2, 0.25) is 0 Å². The van der Waals surface area contributed by atoms with Crippen LogP contribution in [0.4, 0.5) is 8.78 Å². The lowest BCUT2D eigenvalue weighted by molar-refractivity contribution is -0.123. The second kappa shape index (κ2) is 8.21. The van der Waals surface area contributed by atoms with Crippen molar-refractivity contribution in [1.29, 1.82) is 0 Å². The van der Waals surface area contributed by atoms with Gasteiger partial charge in [0.25, 0.3) is 11.5 Å². The average molecular weight is 421 g/mol. The number of rotatable bonds is 6. The first kappa shape index (κ1) is 20.4. The number of nitrogens with one attached hydrogen (secondary N) is 1. The third kappa shape index (κ3) is 4.26. The van der Waals surface area contributed by atoms with E-state index >= 15 is 0 Å². The molecule has 3 N–H and O–H groups in total. The molecule has 0 aromatic carbocycles. The van der Waals surface area contributed by atoms with E-state index in [4.69, 9.17) is 5.73 Å². The molecule has 0 aliphatic rings. The molecule has 3 aromatic rings. The fourth-order valence-electron chi connectivity index (χ4n) is 2.20. The molecule has 1 amide bonds. The molecule has 0 aliphatic heterocycles. The number of carbonyl (C=O) groups is 1. The van der Waals surface area contributed by atoms with Crippen LogP contribution in [0.15, 0.2) is 34.0 Å². The minimum atomic E-state index is -3.18. The van der Waals surface area contributed by atoms with Gasteiger partial charge in [0.2, 0.25) is 5.91 Å². The van der Waals surface area contributed by atoms with Crippen molar-refractivity contribution in [2.45, 2.75) is 12.5 Å². The van der Waals surface area contributed by atoms with Crippen LogP contribution >= 0.6 is 35.1 Å². The number of nitrogens with two attached hydrogens (primary N) is 1. The van der Waals surface area contributed by atoms with Gasteiger partial charge in [-0.15, -0.1) is 35.1 Å². The van der Waals surface area contributed by atoms with Gasteiger partial charge < -0.3 is 11.1 Å². The summed E-state index contributed by atoms with van der Waals surface area (Å²) in [5.41, 5.74) is 5.30. The normalized spacial score (nSPS) is 11.3. The van der Waals surface area contributed by atoms with E-state index in [1.165, 1.54) is 29.0 Å². The van der Waals surface area contributed by atoms with Crippen LogP contribution in [0, 0.1) is 0 Å².